The van der Waals surface area contributed by atoms with Gasteiger partial charge in [-0.1, -0.05) is 0 Å². The maximum absolute atomic E-state index is 13.3. The molecule has 0 radical (unpaired) electrons. The molecule has 0 saturated carbocycles. The number of rotatable bonds is 2. The van der Waals surface area contributed by atoms with E-state index in [0.29, 0.717) is 0 Å². The summed E-state index contributed by atoms with van der Waals surface area (Å²) in [6, 6.07) is 6.20. The first-order valence-electron chi connectivity index (χ1n) is 5.15. The molecule has 0 nitrogen and oxygen atoms in total. The molecule has 2 aromatic carbocycles. The van der Waals surface area contributed by atoms with Gasteiger partial charge in [-0.15, -0.1) is 0 Å². The van der Waals surface area contributed by atoms with Crippen LogP contribution in [-0.4, -0.2) is 0 Å². The van der Waals surface area contributed by atoms with Crippen LogP contribution in [0.5, 0.6) is 0 Å². The van der Waals surface area contributed by atoms with Crippen molar-refractivity contribution in [1.29, 1.82) is 0 Å². The van der Waals surface area contributed by atoms with E-state index in [1.165, 1.54) is 0 Å². The Labute approximate surface area is 141 Å². The Morgan fingerprint density at radius 2 is 0.895 bits per heavy atom. The fourth-order valence-corrected chi connectivity index (χ4v) is 11.3. The molecule has 2 aromatic rings. The van der Waals surface area contributed by atoms with Gasteiger partial charge in [0, 0.05) is 0 Å². The molecule has 0 bridgehead atoms. The normalized spacial score (nSPS) is 10.4. The number of hydrogen-bond acceptors (Lipinski definition) is 0. The van der Waals surface area contributed by atoms with Crippen molar-refractivity contribution in [3.05, 3.63) is 56.0 Å². The predicted molar refractivity (Wildman–Crippen MR) is 72.1 cm³/mol. The molecular formula is C12H4Cl4F2Hg. The monoisotopic (exact) mass is 528 g/mol. The van der Waals surface area contributed by atoms with Crippen LogP contribution in [0.3, 0.4) is 0 Å². The molecule has 0 aliphatic heterocycles. The Morgan fingerprint density at radius 1 is 0.632 bits per heavy atom. The summed E-state index contributed by atoms with van der Waals surface area (Å²) >= 11 is 21.1. The minimum atomic E-state index is -1.85. The molecule has 0 aromatic heterocycles. The Balaban J connectivity index is 2.36. The molecule has 0 aliphatic rings. The van der Waals surface area contributed by atoms with E-state index in [-0.39, 0.29) is 20.1 Å². The molecule has 0 N–H and O–H groups in total. The van der Waals surface area contributed by atoms with Crippen LogP contribution in [0.2, 0.25) is 20.1 Å². The zero-order valence-electron chi connectivity index (χ0n) is 9.28. The van der Waals surface area contributed by atoms with E-state index in [0.717, 1.165) is 6.14 Å². The Bertz CT molecular complexity index is 544. The summed E-state index contributed by atoms with van der Waals surface area (Å²) in [7, 11) is 0. The Morgan fingerprint density at radius 3 is 1.16 bits per heavy atom. The standard InChI is InChI=1S/2C6H2Cl2F.Hg/c2*7-4-2-1-3-5(8)6(4)9;/h2*2-3H;. The van der Waals surface area contributed by atoms with Crippen molar-refractivity contribution < 1.29 is 33.4 Å². The first-order valence-corrected chi connectivity index (χ1v) is 12.2. The Kier molecular flexibility index (Phi) is 5.35. The van der Waals surface area contributed by atoms with Gasteiger partial charge in [0.1, 0.15) is 0 Å². The summed E-state index contributed by atoms with van der Waals surface area (Å²) in [5.41, 5.74) is 0. The summed E-state index contributed by atoms with van der Waals surface area (Å²) in [5.74, 6) is -1.26. The first-order chi connectivity index (χ1) is 8.88. The summed E-state index contributed by atoms with van der Waals surface area (Å²) in [6.45, 7) is 0. The minimum absolute atomic E-state index is 0.0122. The quantitative estimate of drug-likeness (QED) is 0.395. The SMILES string of the molecule is Fc1c(Cl)c[c]([Hg][c]2cc(Cl)c(F)c(Cl)c2)cc1Cl. The molecule has 0 saturated heterocycles. The van der Waals surface area contributed by atoms with Gasteiger partial charge in [-0.05, 0) is 0 Å². The molecule has 96 valence electrons. The van der Waals surface area contributed by atoms with E-state index in [1.807, 2.05) is 0 Å². The van der Waals surface area contributed by atoms with E-state index < -0.39 is 36.2 Å². The fourth-order valence-electron chi connectivity index (χ4n) is 1.66. The van der Waals surface area contributed by atoms with E-state index in [2.05, 4.69) is 0 Å². The molecule has 0 unspecified atom stereocenters. The molecule has 2 rings (SSSR count). The van der Waals surface area contributed by atoms with E-state index in [4.69, 9.17) is 46.4 Å². The zero-order valence-corrected chi connectivity index (χ0v) is 17.8. The van der Waals surface area contributed by atoms with E-state index in [1.54, 1.807) is 24.3 Å². The van der Waals surface area contributed by atoms with Crippen LogP contribution in [0.1, 0.15) is 0 Å². The van der Waals surface area contributed by atoms with E-state index in [9.17, 15) is 8.78 Å². The molecule has 0 amide bonds. The fraction of sp³-hybridized carbons (Fsp3) is 0. The zero-order chi connectivity index (χ0) is 14.2. The van der Waals surface area contributed by atoms with Crippen molar-refractivity contribution in [3.8, 4) is 0 Å². The van der Waals surface area contributed by atoms with Crippen LogP contribution < -0.4 is 6.14 Å². The summed E-state index contributed by atoms with van der Waals surface area (Å²) in [6.07, 6.45) is 0. The second-order valence-corrected chi connectivity index (χ2v) is 13.3. The number of hydrogen-bond donors (Lipinski definition) is 0. The van der Waals surface area contributed by atoms with Crippen LogP contribution in [0.25, 0.3) is 0 Å². The summed E-state index contributed by atoms with van der Waals surface area (Å²) in [5, 5.41) is -0.0489. The number of halogens is 6. The van der Waals surface area contributed by atoms with Gasteiger partial charge in [0.25, 0.3) is 0 Å². The molecular weight excluding hydrogens is 525 g/mol. The molecule has 0 spiro atoms. The van der Waals surface area contributed by atoms with Crippen molar-refractivity contribution in [2.24, 2.45) is 0 Å². The average Bonchev–Trinajstić information content (AvgIpc) is 2.33. The molecule has 0 atom stereocenters. The summed E-state index contributed by atoms with van der Waals surface area (Å²) < 4.78 is 28.4. The van der Waals surface area contributed by atoms with Gasteiger partial charge >= 0.3 is 142 Å². The van der Waals surface area contributed by atoms with Crippen LogP contribution in [-0.2, 0) is 24.6 Å². The third-order valence-electron chi connectivity index (χ3n) is 2.50. The second-order valence-electron chi connectivity index (χ2n) is 3.92. The third-order valence-corrected chi connectivity index (χ3v) is 9.94. The van der Waals surface area contributed by atoms with Crippen molar-refractivity contribution in [3.63, 3.8) is 0 Å². The molecule has 19 heavy (non-hydrogen) atoms. The number of benzene rings is 2. The van der Waals surface area contributed by atoms with Crippen LogP contribution in [0.4, 0.5) is 8.78 Å². The molecule has 0 fully saturated rings. The van der Waals surface area contributed by atoms with Gasteiger partial charge in [-0.25, -0.2) is 0 Å². The second kappa shape index (κ2) is 6.44. The van der Waals surface area contributed by atoms with Gasteiger partial charge in [0.2, 0.25) is 0 Å². The van der Waals surface area contributed by atoms with Gasteiger partial charge in [0.05, 0.1) is 0 Å². The summed E-state index contributed by atoms with van der Waals surface area (Å²) in [4.78, 5) is 0. The predicted octanol–water partition coefficient (Wildman–Crippen LogP) is 4.61. The first kappa shape index (κ1) is 15.8. The van der Waals surface area contributed by atoms with Crippen molar-refractivity contribution in [2.75, 3.05) is 0 Å². The van der Waals surface area contributed by atoms with Crippen molar-refractivity contribution in [2.45, 2.75) is 0 Å². The van der Waals surface area contributed by atoms with Crippen molar-refractivity contribution in [1.82, 2.24) is 0 Å². The topological polar surface area (TPSA) is 0 Å². The van der Waals surface area contributed by atoms with Crippen LogP contribution in [0, 0.1) is 11.6 Å². The third kappa shape index (κ3) is 3.73. The van der Waals surface area contributed by atoms with Crippen molar-refractivity contribution >= 4 is 52.5 Å². The molecule has 0 aliphatic carbocycles. The Hall–Kier alpha value is 0.395. The average molecular weight is 529 g/mol. The van der Waals surface area contributed by atoms with Gasteiger partial charge in [-0.2, -0.15) is 0 Å². The van der Waals surface area contributed by atoms with Crippen LogP contribution in [0.15, 0.2) is 24.3 Å². The molecule has 7 heteroatoms. The van der Waals surface area contributed by atoms with Gasteiger partial charge in [0.15, 0.2) is 0 Å². The maximum atomic E-state index is 13.3. The van der Waals surface area contributed by atoms with E-state index >= 15 is 0 Å². The molecule has 0 heterocycles. The van der Waals surface area contributed by atoms with Crippen LogP contribution >= 0.6 is 46.4 Å². The van der Waals surface area contributed by atoms with Gasteiger partial charge < -0.3 is 0 Å². The van der Waals surface area contributed by atoms with Gasteiger partial charge in [-0.3, -0.25) is 0 Å².